The van der Waals surface area contributed by atoms with E-state index >= 15 is 0 Å². The van der Waals surface area contributed by atoms with Crippen LogP contribution in [0.1, 0.15) is 271 Å². The number of unbranched alkanes of at least 4 members (excludes halogenated alkanes) is 27. The first-order valence-electron chi connectivity index (χ1n) is 33.0. The Labute approximate surface area is 498 Å². The third-order valence-electron chi connectivity index (χ3n) is 14.0. The van der Waals surface area contributed by atoms with Crippen LogP contribution in [0, 0.1) is 0 Å². The maximum atomic E-state index is 12.9. The van der Waals surface area contributed by atoms with Crippen LogP contribution in [-0.2, 0) is 33.3 Å². The van der Waals surface area contributed by atoms with Crippen molar-refractivity contribution in [2.24, 2.45) is 0 Å². The molecule has 0 aliphatic heterocycles. The number of carboxylic acids is 1. The third kappa shape index (κ3) is 63.4. The normalized spacial score (nSPS) is 13.4. The number of hydrogen-bond acceptors (Lipinski definition) is 8. The molecule has 2 atom stereocenters. The number of likely N-dealkylation sites (N-methyl/N-ethyl adjacent to an activating group) is 1. The molecule has 0 aromatic rings. The molecule has 0 amide bonds. The van der Waals surface area contributed by atoms with Crippen LogP contribution < -0.4 is 5.11 Å². The van der Waals surface area contributed by atoms with Gasteiger partial charge in [-0.15, -0.1) is 0 Å². The van der Waals surface area contributed by atoms with Gasteiger partial charge in [0.2, 0.25) is 0 Å². The number of carbonyl (C=O) groups is 3. The molecule has 0 aromatic carbocycles. The molecule has 0 fully saturated rings. The zero-order valence-corrected chi connectivity index (χ0v) is 52.9. The van der Waals surface area contributed by atoms with Crippen molar-refractivity contribution in [1.29, 1.82) is 0 Å². The molecule has 0 saturated carbocycles. The average molecular weight is 1130 g/mol. The second kappa shape index (κ2) is 62.0. The molecule has 0 rings (SSSR count). The van der Waals surface area contributed by atoms with E-state index in [1.807, 2.05) is 21.1 Å². The van der Waals surface area contributed by atoms with Crippen molar-refractivity contribution in [3.63, 3.8) is 0 Å². The minimum Gasteiger partial charge on any atom is -0.545 e. The summed E-state index contributed by atoms with van der Waals surface area (Å²) in [4.78, 5) is 37.4. The van der Waals surface area contributed by atoms with E-state index in [-0.39, 0.29) is 38.6 Å². The SMILES string of the molecule is CC/C=C\C/C=C\C/C=C\C/C=C\C/C=C\CCCCCCCCCCCCCCCCCCCCCC(=O)OC(COC(=O)CCCCCCCCCC/C=C\C/C=C\C/C=C\C/C=C\CC)COC(OCC[N+](C)(C)C)C(=O)[O-]. The number of allylic oxidation sites excluding steroid dienone is 18. The minimum atomic E-state index is -1.63. The Kier molecular flexibility index (Phi) is 58.9. The van der Waals surface area contributed by atoms with E-state index in [2.05, 4.69) is 123 Å². The molecule has 0 N–H and O–H groups in total. The smallest absolute Gasteiger partial charge is 0.306 e. The lowest BCUT2D eigenvalue weighted by Crippen LogP contribution is -2.44. The predicted octanol–water partition coefficient (Wildman–Crippen LogP) is 18.9. The summed E-state index contributed by atoms with van der Waals surface area (Å²) in [5, 5.41) is 11.8. The standard InChI is InChI=1S/C72H123NO8/c1-6-8-10-12-14-16-18-20-22-24-26-28-29-30-31-32-33-34-35-36-37-38-39-40-41-43-45-47-49-51-53-55-57-59-61-63-70(75)81-68(67-80-72(71(76)77)78-65-64-73(3,4)5)66-79-69(74)62-60-58-56-54-52-50-48-46-44-42-27-25-23-21-19-17-15-13-11-9-7-2/h8-11,14-17,20-23,26-28,30-31,42,68,72H,6-7,12-13,18-19,24-25,29,32-41,43-67H2,1-5H3/b10-8-,11-9-,16-14-,17-15-,22-20-,23-21-,28-26-,31-30-,42-27-. The Balaban J connectivity index is 4.11. The van der Waals surface area contributed by atoms with E-state index < -0.39 is 24.3 Å². The van der Waals surface area contributed by atoms with Gasteiger partial charge in [0, 0.05) is 12.8 Å². The van der Waals surface area contributed by atoms with Crippen LogP contribution >= 0.6 is 0 Å². The van der Waals surface area contributed by atoms with Gasteiger partial charge in [0.1, 0.15) is 13.2 Å². The van der Waals surface area contributed by atoms with E-state index in [9.17, 15) is 19.5 Å². The van der Waals surface area contributed by atoms with Gasteiger partial charge in [0.25, 0.3) is 0 Å². The topological polar surface area (TPSA) is 111 Å². The molecular formula is C72H123NO8. The molecule has 0 heterocycles. The van der Waals surface area contributed by atoms with E-state index in [1.54, 1.807) is 0 Å². The number of rotatable bonds is 60. The number of carboxylic acid groups (broad SMARTS) is 1. The van der Waals surface area contributed by atoms with E-state index in [0.29, 0.717) is 17.4 Å². The summed E-state index contributed by atoms with van der Waals surface area (Å²) in [5.41, 5.74) is 0. The largest absolute Gasteiger partial charge is 0.545 e. The Morgan fingerprint density at radius 2 is 0.667 bits per heavy atom. The molecule has 0 bridgehead atoms. The van der Waals surface area contributed by atoms with E-state index in [0.717, 1.165) is 109 Å². The van der Waals surface area contributed by atoms with Crippen molar-refractivity contribution < 1.29 is 42.9 Å². The number of esters is 2. The molecule has 464 valence electrons. The highest BCUT2D eigenvalue weighted by Gasteiger charge is 2.22. The Morgan fingerprint density at radius 1 is 0.370 bits per heavy atom. The molecule has 9 heteroatoms. The molecule has 9 nitrogen and oxygen atoms in total. The van der Waals surface area contributed by atoms with Crippen molar-refractivity contribution in [2.75, 3.05) is 47.5 Å². The second-order valence-electron chi connectivity index (χ2n) is 23.0. The summed E-state index contributed by atoms with van der Waals surface area (Å²) in [5.74, 6) is -2.29. The summed E-state index contributed by atoms with van der Waals surface area (Å²) in [6.45, 7) is 4.53. The van der Waals surface area contributed by atoms with Crippen molar-refractivity contribution in [1.82, 2.24) is 0 Å². The van der Waals surface area contributed by atoms with Crippen LogP contribution in [0.15, 0.2) is 109 Å². The van der Waals surface area contributed by atoms with Gasteiger partial charge in [-0.3, -0.25) is 9.59 Å². The maximum absolute atomic E-state index is 12.9. The van der Waals surface area contributed by atoms with Gasteiger partial charge in [-0.2, -0.15) is 0 Å². The van der Waals surface area contributed by atoms with Crippen LogP contribution in [0.25, 0.3) is 0 Å². The Hall–Kier alpha value is -4.05. The Morgan fingerprint density at radius 3 is 0.988 bits per heavy atom. The first-order valence-corrected chi connectivity index (χ1v) is 33.0. The van der Waals surface area contributed by atoms with Crippen LogP contribution in [0.2, 0.25) is 0 Å². The minimum absolute atomic E-state index is 0.143. The molecule has 0 spiro atoms. The molecule has 81 heavy (non-hydrogen) atoms. The molecule has 0 radical (unpaired) electrons. The molecular weight excluding hydrogens is 1010 g/mol. The summed E-state index contributed by atoms with van der Waals surface area (Å²) >= 11 is 0. The lowest BCUT2D eigenvalue weighted by atomic mass is 10.0. The molecule has 0 aromatic heterocycles. The second-order valence-corrected chi connectivity index (χ2v) is 23.0. The lowest BCUT2D eigenvalue weighted by molar-refractivity contribution is -0.870. The van der Waals surface area contributed by atoms with E-state index in [4.69, 9.17) is 18.9 Å². The van der Waals surface area contributed by atoms with Gasteiger partial charge in [-0.25, -0.2) is 0 Å². The molecule has 0 saturated heterocycles. The number of carbonyl (C=O) groups excluding carboxylic acids is 3. The van der Waals surface area contributed by atoms with Crippen molar-refractivity contribution >= 4 is 17.9 Å². The Bertz CT molecular complexity index is 1700. The van der Waals surface area contributed by atoms with Gasteiger partial charge in [0.05, 0.1) is 40.3 Å². The number of ether oxygens (including phenoxy) is 4. The molecule has 0 aliphatic carbocycles. The first-order chi connectivity index (χ1) is 39.6. The zero-order valence-electron chi connectivity index (χ0n) is 52.9. The van der Waals surface area contributed by atoms with Gasteiger partial charge < -0.3 is 33.3 Å². The van der Waals surface area contributed by atoms with Gasteiger partial charge in [0.15, 0.2) is 12.4 Å². The molecule has 2 unspecified atom stereocenters. The highest BCUT2D eigenvalue weighted by atomic mass is 16.7. The van der Waals surface area contributed by atoms with Crippen molar-refractivity contribution in [2.45, 2.75) is 283 Å². The predicted molar refractivity (Wildman–Crippen MR) is 343 cm³/mol. The monoisotopic (exact) mass is 1130 g/mol. The number of nitrogens with zero attached hydrogens (tertiary/aromatic N) is 1. The van der Waals surface area contributed by atoms with Crippen LogP contribution in [-0.4, -0.2) is 82.3 Å². The van der Waals surface area contributed by atoms with Crippen LogP contribution in [0.5, 0.6) is 0 Å². The fourth-order valence-electron chi connectivity index (χ4n) is 9.03. The fraction of sp³-hybridized carbons (Fsp3) is 0.708. The molecule has 0 aliphatic rings. The quantitative estimate of drug-likeness (QED) is 0.0195. The number of aliphatic carboxylic acids is 1. The summed E-state index contributed by atoms with van der Waals surface area (Å²) in [6.07, 6.45) is 83.0. The first kappa shape index (κ1) is 77.0. The van der Waals surface area contributed by atoms with Gasteiger partial charge in [-0.05, 0) is 96.3 Å². The average Bonchev–Trinajstić information content (AvgIpc) is 3.44. The third-order valence-corrected chi connectivity index (χ3v) is 14.0. The lowest BCUT2D eigenvalue weighted by Gasteiger charge is -2.26. The van der Waals surface area contributed by atoms with Gasteiger partial charge in [-0.1, -0.05) is 271 Å². The van der Waals surface area contributed by atoms with Gasteiger partial charge >= 0.3 is 11.9 Å². The highest BCUT2D eigenvalue weighted by molar-refractivity contribution is 5.70. The van der Waals surface area contributed by atoms with Crippen molar-refractivity contribution in [3.8, 4) is 0 Å². The van der Waals surface area contributed by atoms with E-state index in [1.165, 1.54) is 128 Å². The fourth-order valence-corrected chi connectivity index (χ4v) is 9.03. The summed E-state index contributed by atoms with van der Waals surface area (Å²) in [6, 6.07) is 0. The van der Waals surface area contributed by atoms with Crippen molar-refractivity contribution in [3.05, 3.63) is 109 Å². The van der Waals surface area contributed by atoms with Crippen LogP contribution in [0.4, 0.5) is 0 Å². The number of quaternary nitrogens is 1. The zero-order chi connectivity index (χ0) is 59.1. The highest BCUT2D eigenvalue weighted by Crippen LogP contribution is 2.17. The van der Waals surface area contributed by atoms with Crippen LogP contribution in [0.3, 0.4) is 0 Å². The summed E-state index contributed by atoms with van der Waals surface area (Å²) in [7, 11) is 5.92. The number of hydrogen-bond donors (Lipinski definition) is 0. The summed E-state index contributed by atoms with van der Waals surface area (Å²) < 4.78 is 22.8. The maximum Gasteiger partial charge on any atom is 0.306 e.